The van der Waals surface area contributed by atoms with Crippen molar-refractivity contribution in [3.05, 3.63) is 59.7 Å². The Morgan fingerprint density at radius 1 is 1.16 bits per heavy atom. The molecule has 0 radical (unpaired) electrons. The molecule has 2 aromatic rings. The fourth-order valence-corrected chi connectivity index (χ4v) is 1.90. The topological polar surface area (TPSA) is 45.0 Å². The molecule has 19 heavy (non-hydrogen) atoms. The highest BCUT2D eigenvalue weighted by Gasteiger charge is 2.06. The molecule has 0 heterocycles. The Labute approximate surface area is 113 Å². The second kappa shape index (κ2) is 5.92. The minimum atomic E-state index is 0.140. The van der Waals surface area contributed by atoms with Gasteiger partial charge in [-0.2, -0.15) is 5.26 Å². The molecule has 0 aliphatic carbocycles. The molecule has 3 heteroatoms. The van der Waals surface area contributed by atoms with E-state index in [9.17, 15) is 0 Å². The molecule has 0 spiro atoms. The van der Waals surface area contributed by atoms with Gasteiger partial charge < -0.3 is 10.1 Å². The molecule has 0 aromatic heterocycles. The lowest BCUT2D eigenvalue weighted by Gasteiger charge is -2.16. The standard InChI is InChI=1S/C16H16N2O/c1-12(14-5-3-4-13(10-14)11-17)18-15-6-8-16(19-2)9-7-15/h3-10,12,18H,1-2H3. The van der Waals surface area contributed by atoms with Gasteiger partial charge in [-0.15, -0.1) is 0 Å². The smallest absolute Gasteiger partial charge is 0.119 e. The average molecular weight is 252 g/mol. The Morgan fingerprint density at radius 3 is 2.53 bits per heavy atom. The van der Waals surface area contributed by atoms with Crippen LogP contribution in [0.2, 0.25) is 0 Å². The summed E-state index contributed by atoms with van der Waals surface area (Å²) in [6.07, 6.45) is 0. The zero-order chi connectivity index (χ0) is 13.7. The first-order chi connectivity index (χ1) is 9.22. The van der Waals surface area contributed by atoms with Crippen molar-refractivity contribution in [1.29, 1.82) is 5.26 Å². The van der Waals surface area contributed by atoms with Crippen LogP contribution in [0.5, 0.6) is 5.75 Å². The van der Waals surface area contributed by atoms with Crippen LogP contribution in [0.4, 0.5) is 5.69 Å². The number of ether oxygens (including phenoxy) is 1. The van der Waals surface area contributed by atoms with Gasteiger partial charge in [0.05, 0.1) is 18.7 Å². The highest BCUT2D eigenvalue weighted by molar-refractivity contribution is 5.48. The second-order valence-corrected chi connectivity index (χ2v) is 4.33. The summed E-state index contributed by atoms with van der Waals surface area (Å²) >= 11 is 0. The highest BCUT2D eigenvalue weighted by Crippen LogP contribution is 2.21. The van der Waals surface area contributed by atoms with Crippen molar-refractivity contribution >= 4 is 5.69 Å². The van der Waals surface area contributed by atoms with Crippen LogP contribution < -0.4 is 10.1 Å². The Bertz CT molecular complexity index is 584. The Morgan fingerprint density at radius 2 is 1.89 bits per heavy atom. The fourth-order valence-electron chi connectivity index (χ4n) is 1.90. The van der Waals surface area contributed by atoms with Crippen molar-refractivity contribution in [1.82, 2.24) is 0 Å². The SMILES string of the molecule is COc1ccc(NC(C)c2cccc(C#N)c2)cc1. The van der Waals surface area contributed by atoms with Gasteiger partial charge in [-0.05, 0) is 48.9 Å². The molecule has 0 aliphatic rings. The second-order valence-electron chi connectivity index (χ2n) is 4.33. The minimum Gasteiger partial charge on any atom is -0.497 e. The molecule has 96 valence electrons. The monoisotopic (exact) mass is 252 g/mol. The Hall–Kier alpha value is -2.47. The summed E-state index contributed by atoms with van der Waals surface area (Å²) in [5.41, 5.74) is 2.80. The maximum Gasteiger partial charge on any atom is 0.119 e. The van der Waals surface area contributed by atoms with Crippen LogP contribution >= 0.6 is 0 Å². The van der Waals surface area contributed by atoms with Crippen LogP contribution in [-0.2, 0) is 0 Å². The van der Waals surface area contributed by atoms with Gasteiger partial charge in [0.15, 0.2) is 0 Å². The molecule has 0 fully saturated rings. The van der Waals surface area contributed by atoms with Gasteiger partial charge in [-0.1, -0.05) is 12.1 Å². The van der Waals surface area contributed by atoms with E-state index < -0.39 is 0 Å². The molecule has 1 N–H and O–H groups in total. The number of nitriles is 1. The van der Waals surface area contributed by atoms with Gasteiger partial charge in [0.25, 0.3) is 0 Å². The molecule has 0 bridgehead atoms. The van der Waals surface area contributed by atoms with Crippen molar-refractivity contribution in [2.75, 3.05) is 12.4 Å². The number of rotatable bonds is 4. The van der Waals surface area contributed by atoms with E-state index >= 15 is 0 Å². The Balaban J connectivity index is 2.11. The van der Waals surface area contributed by atoms with Crippen molar-refractivity contribution in [2.24, 2.45) is 0 Å². The molecule has 1 atom stereocenters. The van der Waals surface area contributed by atoms with Crippen LogP contribution in [0.3, 0.4) is 0 Å². The molecule has 0 amide bonds. The third-order valence-electron chi connectivity index (χ3n) is 2.99. The van der Waals surface area contributed by atoms with Crippen LogP contribution in [-0.4, -0.2) is 7.11 Å². The first-order valence-corrected chi connectivity index (χ1v) is 6.13. The van der Waals surface area contributed by atoms with E-state index in [1.54, 1.807) is 7.11 Å². The summed E-state index contributed by atoms with van der Waals surface area (Å²) in [6.45, 7) is 2.07. The number of methoxy groups -OCH3 is 1. The molecular formula is C16H16N2O. The third kappa shape index (κ3) is 3.26. The maximum absolute atomic E-state index is 8.91. The number of nitrogens with one attached hydrogen (secondary N) is 1. The van der Waals surface area contributed by atoms with Crippen LogP contribution in [0.25, 0.3) is 0 Å². The predicted molar refractivity (Wildman–Crippen MR) is 76.2 cm³/mol. The maximum atomic E-state index is 8.91. The summed E-state index contributed by atoms with van der Waals surface area (Å²) in [7, 11) is 1.65. The van der Waals surface area contributed by atoms with Gasteiger partial charge in [0.1, 0.15) is 5.75 Å². The first-order valence-electron chi connectivity index (χ1n) is 6.13. The lowest BCUT2D eigenvalue weighted by atomic mass is 10.1. The van der Waals surface area contributed by atoms with E-state index in [1.165, 1.54) is 0 Å². The molecule has 3 nitrogen and oxygen atoms in total. The van der Waals surface area contributed by atoms with Crippen LogP contribution in [0.1, 0.15) is 24.1 Å². The van der Waals surface area contributed by atoms with Crippen molar-refractivity contribution < 1.29 is 4.74 Å². The lowest BCUT2D eigenvalue weighted by molar-refractivity contribution is 0.415. The van der Waals surface area contributed by atoms with Crippen LogP contribution in [0, 0.1) is 11.3 Å². The summed E-state index contributed by atoms with van der Waals surface area (Å²) in [5, 5.41) is 12.3. The number of nitrogens with zero attached hydrogens (tertiary/aromatic N) is 1. The minimum absolute atomic E-state index is 0.140. The molecule has 0 saturated heterocycles. The number of hydrogen-bond donors (Lipinski definition) is 1. The van der Waals surface area contributed by atoms with Gasteiger partial charge in [0.2, 0.25) is 0 Å². The van der Waals surface area contributed by atoms with Crippen molar-refractivity contribution in [3.8, 4) is 11.8 Å². The van der Waals surface area contributed by atoms with Crippen LogP contribution in [0.15, 0.2) is 48.5 Å². The van der Waals surface area contributed by atoms with E-state index in [-0.39, 0.29) is 6.04 Å². The van der Waals surface area contributed by atoms with Gasteiger partial charge in [-0.25, -0.2) is 0 Å². The molecule has 2 rings (SSSR count). The third-order valence-corrected chi connectivity index (χ3v) is 2.99. The molecular weight excluding hydrogens is 236 g/mol. The summed E-state index contributed by atoms with van der Waals surface area (Å²) < 4.78 is 5.13. The van der Waals surface area contributed by atoms with E-state index in [1.807, 2.05) is 48.5 Å². The van der Waals surface area contributed by atoms with E-state index in [2.05, 4.69) is 18.3 Å². The molecule has 2 aromatic carbocycles. The summed E-state index contributed by atoms with van der Waals surface area (Å²) in [6, 6.07) is 17.7. The normalized spacial score (nSPS) is 11.4. The molecule has 1 unspecified atom stereocenters. The van der Waals surface area contributed by atoms with Crippen molar-refractivity contribution in [2.45, 2.75) is 13.0 Å². The zero-order valence-corrected chi connectivity index (χ0v) is 11.1. The molecule has 0 saturated carbocycles. The quantitative estimate of drug-likeness (QED) is 0.901. The Kier molecular flexibility index (Phi) is 4.04. The predicted octanol–water partition coefficient (Wildman–Crippen LogP) is 3.74. The van der Waals surface area contributed by atoms with Gasteiger partial charge in [0, 0.05) is 11.7 Å². The fraction of sp³-hybridized carbons (Fsp3) is 0.188. The first kappa shape index (κ1) is 13.0. The zero-order valence-electron chi connectivity index (χ0n) is 11.1. The number of hydrogen-bond acceptors (Lipinski definition) is 3. The lowest BCUT2D eigenvalue weighted by Crippen LogP contribution is -2.06. The average Bonchev–Trinajstić information content (AvgIpc) is 2.48. The van der Waals surface area contributed by atoms with Gasteiger partial charge in [-0.3, -0.25) is 0 Å². The largest absolute Gasteiger partial charge is 0.497 e. The van der Waals surface area contributed by atoms with E-state index in [0.29, 0.717) is 5.56 Å². The number of benzene rings is 2. The van der Waals surface area contributed by atoms with Gasteiger partial charge >= 0.3 is 0 Å². The highest BCUT2D eigenvalue weighted by atomic mass is 16.5. The molecule has 0 aliphatic heterocycles. The number of anilines is 1. The summed E-state index contributed by atoms with van der Waals surface area (Å²) in [4.78, 5) is 0. The van der Waals surface area contributed by atoms with Crippen molar-refractivity contribution in [3.63, 3.8) is 0 Å². The van der Waals surface area contributed by atoms with E-state index in [0.717, 1.165) is 17.0 Å². The van der Waals surface area contributed by atoms with E-state index in [4.69, 9.17) is 10.00 Å². The summed E-state index contributed by atoms with van der Waals surface area (Å²) in [5.74, 6) is 0.838.